The topological polar surface area (TPSA) is 116 Å². The number of phenols is 1. The van der Waals surface area contributed by atoms with E-state index < -0.39 is 31.5 Å². The van der Waals surface area contributed by atoms with Gasteiger partial charge in [-0.3, -0.25) is 9.59 Å². The standard InChI is InChI=1S/C24H26ClN3O5S/c1-28(2)34(32,33)24-16(25)12-13-17(21(24)29)26-19-20(23(31)22(19)30)27-18(15-10-6-7-11-15)14-8-4-3-5-9-14/h3-5,8-9,12-13,15,18,26-27,29H,6-7,10-11H2,1-2H3/t18-/m0/s1. The Bertz CT molecular complexity index is 1380. The van der Waals surface area contributed by atoms with Crippen LogP contribution in [0.3, 0.4) is 0 Å². The summed E-state index contributed by atoms with van der Waals surface area (Å²) in [6.07, 6.45) is 4.23. The van der Waals surface area contributed by atoms with Gasteiger partial charge in [0.2, 0.25) is 10.0 Å². The van der Waals surface area contributed by atoms with E-state index in [-0.39, 0.29) is 28.1 Å². The Morgan fingerprint density at radius 2 is 1.62 bits per heavy atom. The molecule has 3 aromatic carbocycles. The molecule has 0 radical (unpaired) electrons. The van der Waals surface area contributed by atoms with E-state index in [1.54, 1.807) is 0 Å². The third kappa shape index (κ3) is 4.31. The van der Waals surface area contributed by atoms with E-state index in [9.17, 15) is 23.1 Å². The first kappa shape index (κ1) is 24.3. The number of sulfonamides is 1. The van der Waals surface area contributed by atoms with Crippen LogP contribution >= 0.6 is 11.6 Å². The van der Waals surface area contributed by atoms with Gasteiger partial charge in [-0.1, -0.05) is 54.8 Å². The first-order valence-corrected chi connectivity index (χ1v) is 12.8. The van der Waals surface area contributed by atoms with Crippen LogP contribution in [0.5, 0.6) is 5.75 Å². The van der Waals surface area contributed by atoms with Crippen LogP contribution in [-0.4, -0.2) is 31.9 Å². The van der Waals surface area contributed by atoms with Crippen LogP contribution in [0.1, 0.15) is 37.3 Å². The van der Waals surface area contributed by atoms with Crippen molar-refractivity contribution in [1.82, 2.24) is 4.31 Å². The Morgan fingerprint density at radius 3 is 2.24 bits per heavy atom. The Labute approximate surface area is 202 Å². The summed E-state index contributed by atoms with van der Waals surface area (Å²) in [5, 5.41) is 16.6. The molecule has 1 aliphatic carbocycles. The molecule has 1 fully saturated rings. The fourth-order valence-electron chi connectivity index (χ4n) is 4.44. The summed E-state index contributed by atoms with van der Waals surface area (Å²) >= 11 is 6.07. The molecule has 4 rings (SSSR count). The second kappa shape index (κ2) is 9.40. The van der Waals surface area contributed by atoms with Crippen LogP contribution in [0.15, 0.2) is 56.9 Å². The monoisotopic (exact) mass is 503 g/mol. The molecule has 0 heterocycles. The van der Waals surface area contributed by atoms with Crippen LogP contribution in [0, 0.1) is 5.92 Å². The highest BCUT2D eigenvalue weighted by Gasteiger charge is 2.32. The molecule has 3 N–H and O–H groups in total. The lowest BCUT2D eigenvalue weighted by atomic mass is 9.91. The van der Waals surface area contributed by atoms with Crippen molar-refractivity contribution in [2.45, 2.75) is 36.6 Å². The molecule has 34 heavy (non-hydrogen) atoms. The van der Waals surface area contributed by atoms with Crippen LogP contribution in [-0.2, 0) is 10.0 Å². The zero-order valence-electron chi connectivity index (χ0n) is 18.8. The van der Waals surface area contributed by atoms with E-state index in [1.807, 2.05) is 30.3 Å². The number of nitrogens with zero attached hydrogens (tertiary/aromatic N) is 1. The molecule has 0 spiro atoms. The van der Waals surface area contributed by atoms with Gasteiger partial charge in [-0.15, -0.1) is 0 Å². The van der Waals surface area contributed by atoms with Crippen molar-refractivity contribution in [2.75, 3.05) is 24.7 Å². The molecule has 0 bridgehead atoms. The fraction of sp³-hybridized carbons (Fsp3) is 0.333. The van der Waals surface area contributed by atoms with Crippen molar-refractivity contribution in [1.29, 1.82) is 0 Å². The minimum absolute atomic E-state index is 0.0187. The van der Waals surface area contributed by atoms with Crippen LogP contribution in [0.4, 0.5) is 17.1 Å². The van der Waals surface area contributed by atoms with Gasteiger partial charge in [-0.2, -0.15) is 0 Å². The minimum Gasteiger partial charge on any atom is -0.504 e. The summed E-state index contributed by atoms with van der Waals surface area (Å²) in [6.45, 7) is 0. The van der Waals surface area contributed by atoms with Crippen molar-refractivity contribution in [3.8, 4) is 5.75 Å². The van der Waals surface area contributed by atoms with E-state index in [4.69, 9.17) is 11.6 Å². The molecule has 0 amide bonds. The number of aromatic hydroxyl groups is 1. The number of nitrogens with one attached hydrogen (secondary N) is 2. The van der Waals surface area contributed by atoms with Crippen molar-refractivity contribution in [3.63, 3.8) is 0 Å². The Balaban J connectivity index is 1.70. The van der Waals surface area contributed by atoms with Gasteiger partial charge < -0.3 is 15.7 Å². The maximum Gasteiger partial charge on any atom is 0.253 e. The molecule has 1 aliphatic rings. The third-order valence-corrected chi connectivity index (χ3v) is 8.64. The molecule has 180 valence electrons. The van der Waals surface area contributed by atoms with Crippen LogP contribution < -0.4 is 21.5 Å². The smallest absolute Gasteiger partial charge is 0.253 e. The summed E-state index contributed by atoms with van der Waals surface area (Å²) < 4.78 is 26.2. The molecule has 0 saturated heterocycles. The number of phenolic OH excluding ortho intramolecular Hbond substituents is 1. The number of hydrogen-bond donors (Lipinski definition) is 3. The van der Waals surface area contributed by atoms with Gasteiger partial charge in [0.05, 0.1) is 16.8 Å². The molecular weight excluding hydrogens is 478 g/mol. The van der Waals surface area contributed by atoms with Gasteiger partial charge in [-0.25, -0.2) is 12.7 Å². The minimum atomic E-state index is -4.06. The number of benzene rings is 2. The Kier molecular flexibility index (Phi) is 6.71. The molecule has 0 aromatic heterocycles. The quantitative estimate of drug-likeness (QED) is 0.314. The summed E-state index contributed by atoms with van der Waals surface area (Å²) in [4.78, 5) is 24.5. The van der Waals surface area contributed by atoms with E-state index in [0.29, 0.717) is 5.92 Å². The van der Waals surface area contributed by atoms with Gasteiger partial charge in [0.1, 0.15) is 16.3 Å². The molecule has 0 unspecified atom stereocenters. The lowest BCUT2D eigenvalue weighted by Crippen LogP contribution is -2.38. The van der Waals surface area contributed by atoms with Gasteiger partial charge >= 0.3 is 0 Å². The zero-order valence-corrected chi connectivity index (χ0v) is 20.4. The summed E-state index contributed by atoms with van der Waals surface area (Å²) in [7, 11) is -1.43. The van der Waals surface area contributed by atoms with Crippen molar-refractivity contribution >= 4 is 38.7 Å². The third-order valence-electron chi connectivity index (χ3n) is 6.32. The number of halogens is 1. The van der Waals surface area contributed by atoms with Crippen molar-refractivity contribution < 1.29 is 13.5 Å². The van der Waals surface area contributed by atoms with Gasteiger partial charge in [0.15, 0.2) is 5.75 Å². The molecule has 1 saturated carbocycles. The first-order valence-electron chi connectivity index (χ1n) is 11.0. The second-order valence-corrected chi connectivity index (χ2v) is 11.2. The summed E-state index contributed by atoms with van der Waals surface area (Å²) in [5.41, 5.74) is -0.325. The van der Waals surface area contributed by atoms with Gasteiger partial charge in [0, 0.05) is 14.1 Å². The average molecular weight is 504 g/mol. The highest BCUT2D eigenvalue weighted by molar-refractivity contribution is 7.89. The Hall–Kier alpha value is -2.88. The van der Waals surface area contributed by atoms with E-state index in [0.717, 1.165) is 35.6 Å². The maximum atomic E-state index is 12.6. The average Bonchev–Trinajstić information content (AvgIpc) is 3.34. The number of rotatable bonds is 8. The van der Waals surface area contributed by atoms with Gasteiger partial charge in [-0.05, 0) is 36.5 Å². The normalized spacial score (nSPS) is 15.6. The first-order chi connectivity index (χ1) is 16.1. The molecule has 10 heteroatoms. The largest absolute Gasteiger partial charge is 0.504 e. The zero-order chi connectivity index (χ0) is 24.6. The highest BCUT2D eigenvalue weighted by atomic mass is 35.5. The maximum absolute atomic E-state index is 12.6. The highest BCUT2D eigenvalue weighted by Crippen LogP contribution is 2.41. The lowest BCUT2D eigenvalue weighted by Gasteiger charge is -2.28. The lowest BCUT2D eigenvalue weighted by molar-refractivity contribution is 0.454. The molecule has 8 nitrogen and oxygen atoms in total. The Morgan fingerprint density at radius 1 is 1.00 bits per heavy atom. The summed E-state index contributed by atoms with van der Waals surface area (Å²) in [6, 6.07) is 12.3. The number of hydrogen-bond acceptors (Lipinski definition) is 7. The number of anilines is 3. The van der Waals surface area contributed by atoms with E-state index >= 15 is 0 Å². The van der Waals surface area contributed by atoms with Crippen LogP contribution in [0.2, 0.25) is 5.02 Å². The predicted molar refractivity (Wildman–Crippen MR) is 133 cm³/mol. The predicted octanol–water partition coefficient (Wildman–Crippen LogP) is 3.98. The molecule has 1 atom stereocenters. The molecule has 3 aromatic rings. The SMILES string of the molecule is CN(C)S(=O)(=O)c1c(Cl)ccc(Nc2c(N[C@@H](c3ccccc3)C3CCCC3)c(=O)c2=O)c1O. The fourth-order valence-corrected chi connectivity index (χ4v) is 5.92. The van der Waals surface area contributed by atoms with E-state index in [1.165, 1.54) is 26.2 Å². The van der Waals surface area contributed by atoms with E-state index in [2.05, 4.69) is 10.6 Å². The second-order valence-electron chi connectivity index (χ2n) is 8.67. The molecular formula is C24H26ClN3O5S. The van der Waals surface area contributed by atoms with Gasteiger partial charge in [0.25, 0.3) is 10.9 Å². The van der Waals surface area contributed by atoms with Crippen LogP contribution in [0.25, 0.3) is 0 Å². The molecule has 0 aliphatic heterocycles. The van der Waals surface area contributed by atoms with Crippen molar-refractivity contribution in [2.24, 2.45) is 5.92 Å². The van der Waals surface area contributed by atoms with Crippen molar-refractivity contribution in [3.05, 3.63) is 73.5 Å². The summed E-state index contributed by atoms with van der Waals surface area (Å²) in [5.74, 6) is -0.323.